The van der Waals surface area contributed by atoms with Gasteiger partial charge in [-0.05, 0) is 61.5 Å². The second-order valence-corrected chi connectivity index (χ2v) is 9.83. The van der Waals surface area contributed by atoms with Crippen molar-refractivity contribution < 1.29 is 13.9 Å². The molecule has 8 nitrogen and oxygen atoms in total. The molecule has 1 aliphatic heterocycles. The molecule has 0 radical (unpaired) electrons. The maximum absolute atomic E-state index is 13.5. The fraction of sp³-hybridized carbons (Fsp3) is 0.0714. The Morgan fingerprint density at radius 2 is 1.92 bits per heavy atom. The van der Waals surface area contributed by atoms with Crippen molar-refractivity contribution in [2.24, 2.45) is 10.1 Å². The van der Waals surface area contributed by atoms with E-state index in [4.69, 9.17) is 26.4 Å². The molecule has 2 aromatic heterocycles. The van der Waals surface area contributed by atoms with Crippen LogP contribution in [-0.2, 0) is 4.79 Å². The van der Waals surface area contributed by atoms with Gasteiger partial charge in [0.15, 0.2) is 6.61 Å². The Kier molecular flexibility index (Phi) is 6.55. The van der Waals surface area contributed by atoms with E-state index in [9.17, 15) is 9.18 Å². The van der Waals surface area contributed by atoms with Gasteiger partial charge in [0.25, 0.3) is 5.91 Å². The number of rotatable bonds is 5. The van der Waals surface area contributed by atoms with E-state index in [1.807, 2.05) is 54.8 Å². The van der Waals surface area contributed by atoms with E-state index in [1.54, 1.807) is 33.8 Å². The summed E-state index contributed by atoms with van der Waals surface area (Å²) in [5.41, 5.74) is 4.86. The number of thiazole rings is 1. The second-order valence-electron chi connectivity index (χ2n) is 8.63. The molecule has 1 N–H and O–H groups in total. The van der Waals surface area contributed by atoms with Gasteiger partial charge in [0.05, 0.1) is 40.2 Å². The fourth-order valence-corrected chi connectivity index (χ4v) is 5.25. The van der Waals surface area contributed by atoms with E-state index >= 15 is 0 Å². The summed E-state index contributed by atoms with van der Waals surface area (Å²) in [6.07, 6.45) is 1.65. The van der Waals surface area contributed by atoms with Crippen molar-refractivity contribution in [3.63, 3.8) is 0 Å². The second kappa shape index (κ2) is 10.3. The lowest BCUT2D eigenvalue weighted by Gasteiger charge is -2.18. The van der Waals surface area contributed by atoms with Gasteiger partial charge in [-0.15, -0.1) is 11.3 Å². The van der Waals surface area contributed by atoms with Crippen LogP contribution in [0.1, 0.15) is 11.3 Å². The molecule has 0 atom stereocenters. The van der Waals surface area contributed by atoms with Crippen molar-refractivity contribution >= 4 is 46.4 Å². The summed E-state index contributed by atoms with van der Waals surface area (Å²) in [6.45, 7) is 1.84. The Labute approximate surface area is 231 Å². The Hall–Kier alpha value is -4.54. The fourth-order valence-electron chi connectivity index (χ4n) is 4.07. The lowest BCUT2D eigenvalue weighted by molar-refractivity contribution is -0.118. The highest BCUT2D eigenvalue weighted by molar-refractivity contribution is 7.07. The van der Waals surface area contributed by atoms with Crippen LogP contribution < -0.4 is 14.9 Å². The molecule has 0 fully saturated rings. The van der Waals surface area contributed by atoms with Crippen LogP contribution in [0, 0.1) is 12.7 Å². The average Bonchev–Trinajstić information content (AvgIpc) is 3.47. The number of anilines is 1. The highest BCUT2D eigenvalue weighted by atomic mass is 35.5. The number of fused-ring (bicyclic) bond motifs is 1. The molecule has 5 aromatic rings. The van der Waals surface area contributed by atoms with Crippen LogP contribution in [0.5, 0.6) is 5.75 Å². The van der Waals surface area contributed by atoms with Crippen LogP contribution in [0.15, 0.2) is 88.3 Å². The Morgan fingerprint density at radius 3 is 2.72 bits per heavy atom. The molecule has 1 aliphatic rings. The Morgan fingerprint density at radius 1 is 1.13 bits per heavy atom. The van der Waals surface area contributed by atoms with E-state index in [1.165, 1.54) is 23.5 Å². The molecule has 0 saturated heterocycles. The van der Waals surface area contributed by atoms with Gasteiger partial charge in [-0.3, -0.25) is 4.79 Å². The monoisotopic (exact) mass is 558 g/mol. The van der Waals surface area contributed by atoms with Crippen LogP contribution >= 0.6 is 22.9 Å². The van der Waals surface area contributed by atoms with Gasteiger partial charge in [0.2, 0.25) is 4.80 Å². The van der Waals surface area contributed by atoms with Crippen molar-refractivity contribution in [1.29, 1.82) is 0 Å². The SMILES string of the molecule is Cc1nn(-c2ccccc2)c(Cl)c1C=Nn1c(-c2ccc3c(c2)NC(=O)CO3)csc1=Nc1ccc(F)cc1. The first kappa shape index (κ1) is 24.8. The summed E-state index contributed by atoms with van der Waals surface area (Å²) in [7, 11) is 0. The largest absolute Gasteiger partial charge is 0.482 e. The first-order chi connectivity index (χ1) is 19.0. The van der Waals surface area contributed by atoms with Crippen LogP contribution in [0.2, 0.25) is 5.15 Å². The van der Waals surface area contributed by atoms with Gasteiger partial charge >= 0.3 is 0 Å². The van der Waals surface area contributed by atoms with Gasteiger partial charge in [0.1, 0.15) is 16.7 Å². The summed E-state index contributed by atoms with van der Waals surface area (Å²) in [4.78, 5) is 17.1. The molecule has 11 heteroatoms. The molecule has 0 saturated carbocycles. The molecule has 0 unspecified atom stereocenters. The van der Waals surface area contributed by atoms with Gasteiger partial charge in [-0.1, -0.05) is 29.8 Å². The summed E-state index contributed by atoms with van der Waals surface area (Å²) in [5, 5.41) is 14.5. The van der Waals surface area contributed by atoms with E-state index in [0.29, 0.717) is 38.3 Å². The quantitative estimate of drug-likeness (QED) is 0.271. The molecule has 1 amide bonds. The standard InChI is InChI=1S/C28H20ClFN6O2S/c1-17-22(27(29)35(34-17)21-5-3-2-4-6-21)14-31-36-24(16-39-28(36)32-20-10-8-19(30)9-11-20)18-7-12-25-23(13-18)33-26(37)15-38-25/h2-14,16H,15H2,1H3,(H,33,37). The lowest BCUT2D eigenvalue weighted by Crippen LogP contribution is -2.25. The number of amides is 1. The van der Waals surface area contributed by atoms with Crippen LogP contribution in [-0.4, -0.2) is 33.2 Å². The van der Waals surface area contributed by atoms with Crippen molar-refractivity contribution in [3.8, 4) is 22.7 Å². The van der Waals surface area contributed by atoms with E-state index in [0.717, 1.165) is 16.9 Å². The topological polar surface area (TPSA) is 85.8 Å². The van der Waals surface area contributed by atoms with E-state index in [2.05, 4.69) is 10.4 Å². The molecule has 6 rings (SSSR count). The molecule has 3 heterocycles. The number of benzene rings is 3. The van der Waals surface area contributed by atoms with E-state index in [-0.39, 0.29) is 18.3 Å². The zero-order valence-corrected chi connectivity index (χ0v) is 22.1. The molecule has 0 bridgehead atoms. The third-order valence-electron chi connectivity index (χ3n) is 6.00. The zero-order valence-electron chi connectivity index (χ0n) is 20.5. The number of para-hydroxylation sites is 1. The number of halogens is 2. The van der Waals surface area contributed by atoms with Gasteiger partial charge in [0, 0.05) is 10.9 Å². The van der Waals surface area contributed by atoms with Crippen LogP contribution in [0.3, 0.4) is 0 Å². The predicted molar refractivity (Wildman–Crippen MR) is 150 cm³/mol. The third kappa shape index (κ3) is 4.99. The minimum Gasteiger partial charge on any atom is -0.482 e. The van der Waals surface area contributed by atoms with Gasteiger partial charge < -0.3 is 10.1 Å². The maximum atomic E-state index is 13.5. The van der Waals surface area contributed by atoms with Gasteiger partial charge in [-0.2, -0.15) is 10.2 Å². The highest BCUT2D eigenvalue weighted by Crippen LogP contribution is 2.33. The van der Waals surface area contributed by atoms with Gasteiger partial charge in [-0.25, -0.2) is 18.7 Å². The summed E-state index contributed by atoms with van der Waals surface area (Å²) < 4.78 is 22.3. The molecule has 0 aliphatic carbocycles. The first-order valence-corrected chi connectivity index (χ1v) is 13.1. The molecular formula is C28H20ClFN6O2S. The first-order valence-electron chi connectivity index (χ1n) is 11.9. The average molecular weight is 559 g/mol. The minimum atomic E-state index is -0.342. The number of aryl methyl sites for hydroxylation is 1. The lowest BCUT2D eigenvalue weighted by atomic mass is 10.1. The summed E-state index contributed by atoms with van der Waals surface area (Å²) in [5.74, 6) is 0.0320. The minimum absolute atomic E-state index is 0.0213. The number of aromatic nitrogens is 3. The number of hydrogen-bond acceptors (Lipinski definition) is 6. The maximum Gasteiger partial charge on any atom is 0.262 e. The number of nitrogens with zero attached hydrogens (tertiary/aromatic N) is 5. The van der Waals surface area contributed by atoms with Crippen molar-refractivity contribution in [2.45, 2.75) is 6.92 Å². The normalized spacial score (nSPS) is 13.4. The van der Waals surface area contributed by atoms with Crippen molar-refractivity contribution in [3.05, 3.63) is 105 Å². The van der Waals surface area contributed by atoms with Crippen molar-refractivity contribution in [2.75, 3.05) is 11.9 Å². The summed E-state index contributed by atoms with van der Waals surface area (Å²) in [6, 6.07) is 21.0. The predicted octanol–water partition coefficient (Wildman–Crippen LogP) is 5.95. The van der Waals surface area contributed by atoms with Crippen molar-refractivity contribution in [1.82, 2.24) is 14.5 Å². The highest BCUT2D eigenvalue weighted by Gasteiger charge is 2.18. The molecule has 0 spiro atoms. The smallest absolute Gasteiger partial charge is 0.262 e. The summed E-state index contributed by atoms with van der Waals surface area (Å²) >= 11 is 8.10. The van der Waals surface area contributed by atoms with E-state index < -0.39 is 0 Å². The zero-order chi connectivity index (χ0) is 26.9. The Balaban J connectivity index is 1.46. The van der Waals surface area contributed by atoms with Crippen LogP contribution in [0.4, 0.5) is 15.8 Å². The molecule has 39 heavy (non-hydrogen) atoms. The molecule has 194 valence electrons. The number of hydrogen-bond donors (Lipinski definition) is 1. The Bertz CT molecular complexity index is 1790. The third-order valence-corrected chi connectivity index (χ3v) is 7.18. The number of nitrogens with one attached hydrogen (secondary N) is 1. The number of ether oxygens (including phenoxy) is 1. The number of carbonyl (C=O) groups excluding carboxylic acids is 1. The number of carbonyl (C=O) groups is 1. The van der Waals surface area contributed by atoms with Crippen LogP contribution in [0.25, 0.3) is 16.9 Å². The molecule has 3 aromatic carbocycles. The molecular weight excluding hydrogens is 539 g/mol.